The number of carbonyl (C=O) groups is 3. The number of hydrogen-bond donors (Lipinski definition) is 1. The third kappa shape index (κ3) is 5.76. The number of carbonyl (C=O) groups excluding carboxylic acids is 3. The van der Waals surface area contributed by atoms with E-state index in [1.165, 1.54) is 4.90 Å². The Balaban J connectivity index is 1.33. The van der Waals surface area contributed by atoms with Crippen LogP contribution in [0.1, 0.15) is 11.1 Å². The van der Waals surface area contributed by atoms with Crippen LogP contribution in [-0.4, -0.2) is 28.6 Å². The highest BCUT2D eigenvalue weighted by atomic mass is 79.9. The minimum atomic E-state index is -0.365. The summed E-state index contributed by atoms with van der Waals surface area (Å²) in [6, 6.07) is 28.1. The largest absolute Gasteiger partial charge is 0.483 e. The van der Waals surface area contributed by atoms with E-state index in [9.17, 15) is 14.4 Å². The molecule has 0 unspecified atom stereocenters. The van der Waals surface area contributed by atoms with Crippen LogP contribution in [0, 0.1) is 0 Å². The van der Waals surface area contributed by atoms with Gasteiger partial charge in [-0.25, -0.2) is 0 Å². The summed E-state index contributed by atoms with van der Waals surface area (Å²) in [6.45, 7) is -0.0230. The zero-order valence-electron chi connectivity index (χ0n) is 19.5. The molecule has 0 spiro atoms. The Morgan fingerprint density at radius 1 is 0.946 bits per heavy atom. The molecule has 1 aliphatic rings. The number of thioether (sulfide) groups is 1. The van der Waals surface area contributed by atoms with Gasteiger partial charge >= 0.3 is 0 Å². The maximum Gasteiger partial charge on any atom is 0.293 e. The first-order valence-corrected chi connectivity index (χ1v) is 13.1. The molecule has 37 heavy (non-hydrogen) atoms. The van der Waals surface area contributed by atoms with E-state index in [0.29, 0.717) is 21.9 Å². The van der Waals surface area contributed by atoms with Crippen molar-refractivity contribution in [2.24, 2.45) is 0 Å². The molecule has 4 aromatic rings. The van der Waals surface area contributed by atoms with Crippen molar-refractivity contribution in [1.82, 2.24) is 4.90 Å². The Kier molecular flexibility index (Phi) is 7.39. The molecule has 1 heterocycles. The van der Waals surface area contributed by atoms with Crippen LogP contribution >= 0.6 is 27.7 Å². The summed E-state index contributed by atoms with van der Waals surface area (Å²) in [5.74, 6) is -0.251. The summed E-state index contributed by atoms with van der Waals surface area (Å²) < 4.78 is 6.55. The molecular weight excluding hydrogens is 552 g/mol. The third-order valence-corrected chi connectivity index (χ3v) is 7.16. The van der Waals surface area contributed by atoms with Crippen LogP contribution in [-0.2, 0) is 16.1 Å². The van der Waals surface area contributed by atoms with Crippen LogP contribution in [0.15, 0.2) is 100 Å². The number of imide groups is 1. The van der Waals surface area contributed by atoms with Gasteiger partial charge in [0.15, 0.2) is 6.61 Å². The van der Waals surface area contributed by atoms with Crippen LogP contribution in [0.2, 0.25) is 0 Å². The lowest BCUT2D eigenvalue weighted by Gasteiger charge is -2.14. The number of halogens is 1. The van der Waals surface area contributed by atoms with Crippen molar-refractivity contribution >= 4 is 67.3 Å². The number of hydrogen-bond acceptors (Lipinski definition) is 5. The Morgan fingerprint density at radius 2 is 1.70 bits per heavy atom. The van der Waals surface area contributed by atoms with Crippen molar-refractivity contribution in [2.75, 3.05) is 11.9 Å². The number of amides is 3. The summed E-state index contributed by atoms with van der Waals surface area (Å²) >= 11 is 4.33. The smallest absolute Gasteiger partial charge is 0.293 e. The fourth-order valence-corrected chi connectivity index (χ4v) is 5.21. The van der Waals surface area contributed by atoms with Gasteiger partial charge in [-0.05, 0) is 64.5 Å². The molecule has 1 aliphatic heterocycles. The van der Waals surface area contributed by atoms with Crippen LogP contribution in [0.4, 0.5) is 10.5 Å². The topological polar surface area (TPSA) is 75.7 Å². The molecule has 0 radical (unpaired) electrons. The predicted molar refractivity (Wildman–Crippen MR) is 150 cm³/mol. The molecule has 0 atom stereocenters. The minimum absolute atomic E-state index is 0.185. The number of ether oxygens (including phenoxy) is 1. The van der Waals surface area contributed by atoms with Gasteiger partial charge in [-0.15, -0.1) is 0 Å². The fraction of sp³-hybridized carbons (Fsp3) is 0.0690. The molecule has 3 amide bonds. The Labute approximate surface area is 226 Å². The summed E-state index contributed by atoms with van der Waals surface area (Å²) in [4.78, 5) is 39.9. The van der Waals surface area contributed by atoms with Crippen LogP contribution in [0.3, 0.4) is 0 Å². The number of rotatable bonds is 7. The van der Waals surface area contributed by atoms with Crippen molar-refractivity contribution in [3.63, 3.8) is 0 Å². The van der Waals surface area contributed by atoms with Gasteiger partial charge in [0.2, 0.25) is 0 Å². The van der Waals surface area contributed by atoms with E-state index >= 15 is 0 Å². The molecule has 1 N–H and O–H groups in total. The molecule has 1 fully saturated rings. The first kappa shape index (κ1) is 24.8. The second-order valence-corrected chi connectivity index (χ2v) is 10.2. The van der Waals surface area contributed by atoms with E-state index in [2.05, 4.69) is 21.2 Å². The highest BCUT2D eigenvalue weighted by Gasteiger charge is 2.35. The molecule has 5 rings (SSSR count). The summed E-state index contributed by atoms with van der Waals surface area (Å²) in [7, 11) is 0. The number of fused-ring (bicyclic) bond motifs is 1. The summed E-state index contributed by atoms with van der Waals surface area (Å²) in [5.41, 5.74) is 2.15. The lowest BCUT2D eigenvalue weighted by Crippen LogP contribution is -2.27. The highest BCUT2D eigenvalue weighted by Crippen LogP contribution is 2.36. The van der Waals surface area contributed by atoms with E-state index in [1.807, 2.05) is 60.7 Å². The Bertz CT molecular complexity index is 1530. The van der Waals surface area contributed by atoms with Gasteiger partial charge in [0.25, 0.3) is 17.1 Å². The monoisotopic (exact) mass is 572 g/mol. The van der Waals surface area contributed by atoms with Gasteiger partial charge in [0.05, 0.1) is 11.4 Å². The third-order valence-electron chi connectivity index (χ3n) is 5.76. The lowest BCUT2D eigenvalue weighted by atomic mass is 10.0. The average Bonchev–Trinajstić information content (AvgIpc) is 3.16. The SMILES string of the molecule is O=C(COc1ccc(Br)cc1/C=C1\SC(=O)N(Cc2cccc3ccccc23)C1=O)Nc1ccccc1. The van der Waals surface area contributed by atoms with Crippen molar-refractivity contribution in [2.45, 2.75) is 6.54 Å². The summed E-state index contributed by atoms with van der Waals surface area (Å²) in [6.07, 6.45) is 1.63. The first-order valence-electron chi connectivity index (χ1n) is 11.5. The second kappa shape index (κ2) is 11.0. The molecule has 8 heteroatoms. The van der Waals surface area contributed by atoms with E-state index in [4.69, 9.17) is 4.74 Å². The van der Waals surface area contributed by atoms with Crippen LogP contribution < -0.4 is 10.1 Å². The van der Waals surface area contributed by atoms with Gasteiger partial charge in [-0.2, -0.15) is 0 Å². The minimum Gasteiger partial charge on any atom is -0.483 e. The molecule has 4 aromatic carbocycles. The number of nitrogens with zero attached hydrogens (tertiary/aromatic N) is 1. The van der Waals surface area contributed by atoms with Crippen molar-refractivity contribution in [3.8, 4) is 5.75 Å². The number of para-hydroxylation sites is 1. The number of benzene rings is 4. The zero-order valence-corrected chi connectivity index (χ0v) is 21.9. The molecule has 0 bridgehead atoms. The molecule has 6 nitrogen and oxygen atoms in total. The zero-order chi connectivity index (χ0) is 25.8. The average molecular weight is 573 g/mol. The molecule has 0 aromatic heterocycles. The maximum absolute atomic E-state index is 13.2. The molecule has 0 saturated carbocycles. The lowest BCUT2D eigenvalue weighted by molar-refractivity contribution is -0.123. The Hall–Kier alpha value is -3.88. The van der Waals surface area contributed by atoms with Crippen LogP contribution in [0.25, 0.3) is 16.8 Å². The van der Waals surface area contributed by atoms with Gasteiger partial charge < -0.3 is 10.1 Å². The van der Waals surface area contributed by atoms with E-state index in [0.717, 1.165) is 32.6 Å². The standard InChI is InChI=1S/C29H21BrN2O4S/c30-22-13-14-25(36-18-27(33)31-23-10-2-1-3-11-23)21(15-22)16-26-28(34)32(29(35)37-26)17-20-9-6-8-19-7-4-5-12-24(19)20/h1-16H,17-18H2,(H,31,33)/b26-16-. The molecule has 0 aliphatic carbocycles. The van der Waals surface area contributed by atoms with Gasteiger partial charge in [0.1, 0.15) is 5.75 Å². The van der Waals surface area contributed by atoms with Gasteiger partial charge in [-0.1, -0.05) is 76.6 Å². The molecule has 184 valence electrons. The van der Waals surface area contributed by atoms with Crippen molar-refractivity contribution in [3.05, 3.63) is 112 Å². The van der Waals surface area contributed by atoms with E-state index < -0.39 is 0 Å². The normalized spacial score (nSPS) is 14.4. The number of anilines is 1. The van der Waals surface area contributed by atoms with Crippen LogP contribution in [0.5, 0.6) is 5.75 Å². The molecule has 1 saturated heterocycles. The first-order chi connectivity index (χ1) is 18.0. The van der Waals surface area contributed by atoms with Gasteiger partial charge in [0, 0.05) is 15.7 Å². The fourth-order valence-electron chi connectivity index (χ4n) is 4.00. The Morgan fingerprint density at radius 3 is 2.54 bits per heavy atom. The molecular formula is C29H21BrN2O4S. The highest BCUT2D eigenvalue weighted by molar-refractivity contribution is 9.10. The van der Waals surface area contributed by atoms with E-state index in [1.54, 1.807) is 36.4 Å². The predicted octanol–water partition coefficient (Wildman–Crippen LogP) is 6.86. The van der Waals surface area contributed by atoms with Crippen molar-refractivity contribution in [1.29, 1.82) is 0 Å². The number of nitrogens with one attached hydrogen (secondary N) is 1. The quantitative estimate of drug-likeness (QED) is 0.245. The maximum atomic E-state index is 13.2. The summed E-state index contributed by atoms with van der Waals surface area (Å²) in [5, 5.41) is 4.50. The van der Waals surface area contributed by atoms with E-state index in [-0.39, 0.29) is 30.2 Å². The van der Waals surface area contributed by atoms with Crippen molar-refractivity contribution < 1.29 is 19.1 Å². The second-order valence-electron chi connectivity index (χ2n) is 8.29. The van der Waals surface area contributed by atoms with Gasteiger partial charge in [-0.3, -0.25) is 19.3 Å².